The highest BCUT2D eigenvalue weighted by Crippen LogP contribution is 2.24. The third-order valence-corrected chi connectivity index (χ3v) is 3.67. The van der Waals surface area contributed by atoms with E-state index in [1.165, 1.54) is 12.1 Å². The van der Waals surface area contributed by atoms with E-state index in [2.05, 4.69) is 15.9 Å². The molecule has 0 amide bonds. The Hall–Kier alpha value is -0.560. The lowest BCUT2D eigenvalue weighted by Crippen LogP contribution is -2.47. The van der Waals surface area contributed by atoms with Gasteiger partial charge >= 0.3 is 0 Å². The summed E-state index contributed by atoms with van der Waals surface area (Å²) >= 11 is 3.04. The van der Waals surface area contributed by atoms with E-state index in [0.717, 1.165) is 0 Å². The summed E-state index contributed by atoms with van der Waals surface area (Å²) in [5.74, 6) is -1.16. The van der Waals surface area contributed by atoms with Crippen molar-refractivity contribution in [3.8, 4) is 0 Å². The lowest BCUT2D eigenvalue weighted by Gasteiger charge is -2.34. The second kappa shape index (κ2) is 6.06. The molecule has 0 saturated carbocycles. The minimum atomic E-state index is -0.585. The van der Waals surface area contributed by atoms with E-state index in [-0.39, 0.29) is 29.2 Å². The van der Waals surface area contributed by atoms with Crippen molar-refractivity contribution in [1.29, 1.82) is 0 Å². The fourth-order valence-corrected chi connectivity index (χ4v) is 2.35. The molecule has 0 aliphatic carbocycles. The van der Waals surface area contributed by atoms with Crippen LogP contribution in [0.15, 0.2) is 16.6 Å². The van der Waals surface area contributed by atoms with Gasteiger partial charge in [-0.25, -0.2) is 8.78 Å². The molecule has 1 atom stereocenters. The zero-order chi connectivity index (χ0) is 13.1. The highest BCUT2D eigenvalue weighted by Gasteiger charge is 2.25. The maximum Gasteiger partial charge on any atom is 0.144 e. The fourth-order valence-electron chi connectivity index (χ4n) is 1.98. The Labute approximate surface area is 112 Å². The fraction of sp³-hybridized carbons (Fsp3) is 0.500. The Morgan fingerprint density at radius 2 is 2.22 bits per heavy atom. The maximum atomic E-state index is 13.8. The molecule has 1 aromatic carbocycles. The number of halogens is 3. The van der Waals surface area contributed by atoms with Crippen LogP contribution in [0.5, 0.6) is 0 Å². The van der Waals surface area contributed by atoms with Crippen molar-refractivity contribution in [3.05, 3.63) is 33.8 Å². The average Bonchev–Trinajstić information content (AvgIpc) is 2.39. The topological polar surface area (TPSA) is 32.7 Å². The number of nitrogens with zero attached hydrogens (tertiary/aromatic N) is 1. The van der Waals surface area contributed by atoms with Crippen LogP contribution < -0.4 is 0 Å². The van der Waals surface area contributed by atoms with Gasteiger partial charge in [0.1, 0.15) is 11.6 Å². The second-order valence-corrected chi connectivity index (χ2v) is 5.06. The van der Waals surface area contributed by atoms with Gasteiger partial charge in [-0.05, 0) is 28.1 Å². The minimum absolute atomic E-state index is 0.0183. The summed E-state index contributed by atoms with van der Waals surface area (Å²) in [6, 6.07) is 2.37. The van der Waals surface area contributed by atoms with Crippen LogP contribution >= 0.6 is 15.9 Å². The summed E-state index contributed by atoms with van der Waals surface area (Å²) in [4.78, 5) is 1.83. The van der Waals surface area contributed by atoms with Gasteiger partial charge < -0.3 is 9.84 Å². The Balaban J connectivity index is 2.20. The molecule has 0 bridgehead atoms. The number of morpholine rings is 1. The summed E-state index contributed by atoms with van der Waals surface area (Å²) in [5.41, 5.74) is 0.0183. The summed E-state index contributed by atoms with van der Waals surface area (Å²) in [7, 11) is 0. The monoisotopic (exact) mass is 321 g/mol. The lowest BCUT2D eigenvalue weighted by molar-refractivity contribution is -0.0320. The molecule has 0 aromatic heterocycles. The number of ether oxygens (including phenoxy) is 1. The van der Waals surface area contributed by atoms with Gasteiger partial charge in [-0.3, -0.25) is 4.90 Å². The Morgan fingerprint density at radius 3 is 2.94 bits per heavy atom. The van der Waals surface area contributed by atoms with Crippen molar-refractivity contribution in [1.82, 2.24) is 4.90 Å². The molecule has 0 spiro atoms. The summed E-state index contributed by atoms with van der Waals surface area (Å²) in [5, 5.41) is 9.21. The molecule has 2 rings (SSSR count). The number of hydrogen-bond donors (Lipinski definition) is 1. The van der Waals surface area contributed by atoms with Crippen LogP contribution in [0, 0.1) is 11.6 Å². The van der Waals surface area contributed by atoms with Crippen LogP contribution in [0.25, 0.3) is 0 Å². The summed E-state index contributed by atoms with van der Waals surface area (Å²) in [6.07, 6.45) is 0. The van der Waals surface area contributed by atoms with E-state index in [9.17, 15) is 13.9 Å². The standard InChI is InChI=1S/C12H14BrF2NO2/c13-10-1-2-11(14)9(12(10)15)5-16-3-4-18-7-8(16)6-17/h1-2,8,17H,3-7H2. The van der Waals surface area contributed by atoms with Gasteiger partial charge in [0.25, 0.3) is 0 Å². The first-order chi connectivity index (χ1) is 8.63. The van der Waals surface area contributed by atoms with E-state index >= 15 is 0 Å². The van der Waals surface area contributed by atoms with E-state index < -0.39 is 11.6 Å². The van der Waals surface area contributed by atoms with Crippen LogP contribution in [0.1, 0.15) is 5.56 Å². The highest BCUT2D eigenvalue weighted by molar-refractivity contribution is 9.10. The van der Waals surface area contributed by atoms with Gasteiger partial charge in [-0.15, -0.1) is 0 Å². The lowest BCUT2D eigenvalue weighted by atomic mass is 10.1. The molecule has 18 heavy (non-hydrogen) atoms. The zero-order valence-electron chi connectivity index (χ0n) is 9.70. The Bertz CT molecular complexity index is 431. The van der Waals surface area contributed by atoms with Gasteiger partial charge in [-0.2, -0.15) is 0 Å². The van der Waals surface area contributed by atoms with E-state index in [4.69, 9.17) is 4.74 Å². The van der Waals surface area contributed by atoms with Gasteiger partial charge in [-0.1, -0.05) is 0 Å². The normalized spacial score (nSPS) is 21.2. The highest BCUT2D eigenvalue weighted by atomic mass is 79.9. The smallest absolute Gasteiger partial charge is 0.144 e. The molecule has 0 radical (unpaired) electrons. The Kier molecular flexibility index (Phi) is 4.66. The third-order valence-electron chi connectivity index (χ3n) is 3.06. The Morgan fingerprint density at radius 1 is 1.44 bits per heavy atom. The molecular weight excluding hydrogens is 308 g/mol. The van der Waals surface area contributed by atoms with Crippen LogP contribution in [-0.4, -0.2) is 42.4 Å². The number of rotatable bonds is 3. The maximum absolute atomic E-state index is 13.8. The number of benzene rings is 1. The molecule has 1 aliphatic heterocycles. The van der Waals surface area contributed by atoms with Crippen molar-refractivity contribution < 1.29 is 18.6 Å². The first-order valence-electron chi connectivity index (χ1n) is 5.68. The van der Waals surface area contributed by atoms with Crippen molar-refractivity contribution in [2.24, 2.45) is 0 Å². The first kappa shape index (κ1) is 13.9. The SMILES string of the molecule is OCC1COCCN1Cc1c(F)ccc(Br)c1F. The first-order valence-corrected chi connectivity index (χ1v) is 6.47. The van der Waals surface area contributed by atoms with Crippen LogP contribution in [0.2, 0.25) is 0 Å². The molecule has 1 N–H and O–H groups in total. The largest absolute Gasteiger partial charge is 0.395 e. The minimum Gasteiger partial charge on any atom is -0.395 e. The van der Waals surface area contributed by atoms with E-state index in [1.807, 2.05) is 4.90 Å². The van der Waals surface area contributed by atoms with E-state index in [0.29, 0.717) is 19.8 Å². The number of aliphatic hydroxyl groups excluding tert-OH is 1. The molecule has 1 fully saturated rings. The van der Waals surface area contributed by atoms with Gasteiger partial charge in [0, 0.05) is 18.7 Å². The quantitative estimate of drug-likeness (QED) is 0.863. The molecule has 1 heterocycles. The van der Waals surface area contributed by atoms with Crippen molar-refractivity contribution >= 4 is 15.9 Å². The molecule has 6 heteroatoms. The summed E-state index contributed by atoms with van der Waals surface area (Å²) < 4.78 is 32.9. The second-order valence-electron chi connectivity index (χ2n) is 4.20. The molecule has 1 saturated heterocycles. The van der Waals surface area contributed by atoms with Crippen molar-refractivity contribution in [3.63, 3.8) is 0 Å². The van der Waals surface area contributed by atoms with Gasteiger partial charge in [0.15, 0.2) is 0 Å². The van der Waals surface area contributed by atoms with Crippen molar-refractivity contribution in [2.45, 2.75) is 12.6 Å². The molecule has 1 aliphatic rings. The van der Waals surface area contributed by atoms with Crippen molar-refractivity contribution in [2.75, 3.05) is 26.4 Å². The predicted molar refractivity (Wildman–Crippen MR) is 66.2 cm³/mol. The molecule has 100 valence electrons. The molecule has 1 unspecified atom stereocenters. The molecule has 3 nitrogen and oxygen atoms in total. The summed E-state index contributed by atoms with van der Waals surface area (Å²) in [6.45, 7) is 1.49. The van der Waals surface area contributed by atoms with E-state index in [1.54, 1.807) is 0 Å². The van der Waals surface area contributed by atoms with Crippen LogP contribution in [0.4, 0.5) is 8.78 Å². The number of aliphatic hydroxyl groups is 1. The average molecular weight is 322 g/mol. The zero-order valence-corrected chi connectivity index (χ0v) is 11.3. The predicted octanol–water partition coefficient (Wildman–Crippen LogP) is 1.92. The molecule has 1 aromatic rings. The molecular formula is C12H14BrF2NO2. The van der Waals surface area contributed by atoms with Gasteiger partial charge in [0.05, 0.1) is 30.3 Å². The van der Waals surface area contributed by atoms with Gasteiger partial charge in [0.2, 0.25) is 0 Å². The third kappa shape index (κ3) is 2.88. The van der Waals surface area contributed by atoms with Crippen LogP contribution in [-0.2, 0) is 11.3 Å². The van der Waals surface area contributed by atoms with Crippen LogP contribution in [0.3, 0.4) is 0 Å². The number of hydrogen-bond acceptors (Lipinski definition) is 3.